The molecule has 0 aliphatic carbocycles. The molecule has 0 unspecified atom stereocenters. The molecule has 0 aliphatic heterocycles. The molecule has 88 valence electrons. The van der Waals surface area contributed by atoms with E-state index in [1.165, 1.54) is 0 Å². The number of rotatable bonds is 4. The number of nitrogens with zero attached hydrogens (tertiary/aromatic N) is 1. The van der Waals surface area contributed by atoms with Crippen molar-refractivity contribution in [3.05, 3.63) is 23.6 Å². The molecule has 0 atom stereocenters. The van der Waals surface area contributed by atoms with E-state index in [0.717, 1.165) is 6.20 Å². The van der Waals surface area contributed by atoms with Crippen LogP contribution in [0.3, 0.4) is 0 Å². The maximum absolute atomic E-state index is 12.7. The highest BCUT2D eigenvalue weighted by Crippen LogP contribution is 2.17. The van der Waals surface area contributed by atoms with Crippen molar-refractivity contribution in [1.82, 2.24) is 4.98 Å². The third kappa shape index (κ3) is 3.41. The molecule has 0 aliphatic rings. The first-order valence-electron chi connectivity index (χ1n) is 4.30. The van der Waals surface area contributed by atoms with E-state index in [2.05, 4.69) is 10.3 Å². The van der Waals surface area contributed by atoms with E-state index >= 15 is 0 Å². The number of nitrogens with one attached hydrogen (secondary N) is 1. The van der Waals surface area contributed by atoms with E-state index in [1.54, 1.807) is 0 Å². The molecule has 0 amide bonds. The van der Waals surface area contributed by atoms with Crippen LogP contribution in [0.2, 0.25) is 0 Å². The zero-order valence-electron chi connectivity index (χ0n) is 8.30. The van der Waals surface area contributed by atoms with Crippen LogP contribution in [0.15, 0.2) is 12.3 Å². The Hall–Kier alpha value is -1.79. The van der Waals surface area contributed by atoms with Gasteiger partial charge in [-0.25, -0.2) is 22.9 Å². The Bertz CT molecular complexity index is 404. The number of hydrogen-bond acceptors (Lipinski definition) is 3. The highest BCUT2D eigenvalue weighted by atomic mass is 19.3. The first-order valence-corrected chi connectivity index (χ1v) is 4.30. The topological polar surface area (TPSA) is 62.2 Å². The van der Waals surface area contributed by atoms with Crippen molar-refractivity contribution in [2.45, 2.75) is 12.8 Å². The van der Waals surface area contributed by atoms with Gasteiger partial charge in [0.2, 0.25) is 0 Å². The van der Waals surface area contributed by atoms with Gasteiger partial charge in [-0.2, -0.15) is 0 Å². The van der Waals surface area contributed by atoms with Gasteiger partial charge >= 0.3 is 5.97 Å². The summed E-state index contributed by atoms with van der Waals surface area (Å²) in [5, 5.41) is 10.8. The summed E-state index contributed by atoms with van der Waals surface area (Å²) < 4.78 is 37.7. The monoisotopic (exact) mass is 234 g/mol. The van der Waals surface area contributed by atoms with Crippen molar-refractivity contribution in [1.29, 1.82) is 0 Å². The molecule has 1 aromatic heterocycles. The van der Waals surface area contributed by atoms with Crippen molar-refractivity contribution in [2.24, 2.45) is 0 Å². The second-order valence-electron chi connectivity index (χ2n) is 3.28. The first-order chi connectivity index (χ1) is 7.29. The molecule has 4 nitrogen and oxygen atoms in total. The minimum Gasteiger partial charge on any atom is -0.478 e. The number of carbonyl (C=O) groups is 1. The van der Waals surface area contributed by atoms with E-state index in [1.807, 2.05) is 0 Å². The van der Waals surface area contributed by atoms with E-state index in [-0.39, 0.29) is 5.82 Å². The van der Waals surface area contributed by atoms with Crippen molar-refractivity contribution >= 4 is 11.8 Å². The fraction of sp³-hybridized carbons (Fsp3) is 0.333. The summed E-state index contributed by atoms with van der Waals surface area (Å²) in [6.45, 7) is -0.101. The Morgan fingerprint density at radius 1 is 1.62 bits per heavy atom. The lowest BCUT2D eigenvalue weighted by molar-refractivity contribution is 0.0365. The Balaban J connectivity index is 2.91. The van der Waals surface area contributed by atoms with Gasteiger partial charge in [0.25, 0.3) is 5.92 Å². The van der Waals surface area contributed by atoms with Crippen molar-refractivity contribution in [3.63, 3.8) is 0 Å². The van der Waals surface area contributed by atoms with Gasteiger partial charge in [-0.1, -0.05) is 0 Å². The molecule has 7 heteroatoms. The Morgan fingerprint density at radius 2 is 2.25 bits per heavy atom. The molecule has 1 heterocycles. The predicted octanol–water partition coefficient (Wildman–Crippen LogP) is 1.99. The van der Waals surface area contributed by atoms with E-state index in [0.29, 0.717) is 13.0 Å². The smallest absolute Gasteiger partial charge is 0.339 e. The lowest BCUT2D eigenvalue weighted by Gasteiger charge is -2.13. The Labute approximate surface area is 89.1 Å². The second kappa shape index (κ2) is 4.38. The number of carboxylic acids is 1. The maximum Gasteiger partial charge on any atom is 0.339 e. The number of pyridine rings is 1. The van der Waals surface area contributed by atoms with Gasteiger partial charge in [-0.15, -0.1) is 0 Å². The number of hydrogen-bond donors (Lipinski definition) is 2. The Morgan fingerprint density at radius 3 is 2.75 bits per heavy atom. The molecule has 1 aromatic rings. The number of anilines is 1. The summed E-state index contributed by atoms with van der Waals surface area (Å²) in [5.41, 5.74) is -0.482. The zero-order chi connectivity index (χ0) is 12.3. The number of halogens is 3. The molecule has 0 fully saturated rings. The molecule has 16 heavy (non-hydrogen) atoms. The van der Waals surface area contributed by atoms with Gasteiger partial charge in [0.05, 0.1) is 12.7 Å². The van der Waals surface area contributed by atoms with Crippen molar-refractivity contribution in [2.75, 3.05) is 11.9 Å². The van der Waals surface area contributed by atoms with Crippen LogP contribution in [0.25, 0.3) is 0 Å². The minimum absolute atomic E-state index is 0.282. The molecule has 0 radical (unpaired) electrons. The van der Waals surface area contributed by atoms with Crippen LogP contribution in [-0.2, 0) is 0 Å². The van der Waals surface area contributed by atoms with Crippen molar-refractivity contribution < 1.29 is 23.1 Å². The predicted molar refractivity (Wildman–Crippen MR) is 50.3 cm³/mol. The average molecular weight is 234 g/mol. The fourth-order valence-electron chi connectivity index (χ4n) is 0.982. The number of aromatic nitrogens is 1. The molecule has 0 spiro atoms. The number of aromatic carboxylic acids is 1. The van der Waals surface area contributed by atoms with Gasteiger partial charge in [0.15, 0.2) is 0 Å². The van der Waals surface area contributed by atoms with Crippen LogP contribution in [0.1, 0.15) is 17.3 Å². The highest BCUT2D eigenvalue weighted by molar-refractivity contribution is 5.93. The van der Waals surface area contributed by atoms with Crippen LogP contribution in [0.5, 0.6) is 0 Å². The van der Waals surface area contributed by atoms with Crippen molar-refractivity contribution in [3.8, 4) is 0 Å². The van der Waals surface area contributed by atoms with Crippen LogP contribution in [-0.4, -0.2) is 28.5 Å². The third-order valence-electron chi connectivity index (χ3n) is 1.65. The summed E-state index contributed by atoms with van der Waals surface area (Å²) >= 11 is 0. The Kier molecular flexibility index (Phi) is 3.36. The van der Waals surface area contributed by atoms with Crippen LogP contribution >= 0.6 is 0 Å². The normalized spacial score (nSPS) is 11.2. The molecule has 0 saturated heterocycles. The van der Waals surface area contributed by atoms with Crippen LogP contribution in [0.4, 0.5) is 19.0 Å². The summed E-state index contributed by atoms with van der Waals surface area (Å²) in [7, 11) is 0. The van der Waals surface area contributed by atoms with Gasteiger partial charge in [0, 0.05) is 6.92 Å². The molecule has 0 saturated carbocycles. The van der Waals surface area contributed by atoms with E-state index < -0.39 is 29.8 Å². The summed E-state index contributed by atoms with van der Waals surface area (Å²) in [6.07, 6.45) is 0.753. The summed E-state index contributed by atoms with van der Waals surface area (Å²) in [5.74, 6) is -5.57. The highest BCUT2D eigenvalue weighted by Gasteiger charge is 2.22. The molecular weight excluding hydrogens is 225 g/mol. The number of carboxylic acid groups (broad SMARTS) is 1. The van der Waals surface area contributed by atoms with Gasteiger partial charge in [-0.3, -0.25) is 0 Å². The van der Waals surface area contributed by atoms with Crippen LogP contribution in [0, 0.1) is 5.82 Å². The maximum atomic E-state index is 12.7. The van der Waals surface area contributed by atoms with E-state index in [9.17, 15) is 18.0 Å². The lowest BCUT2D eigenvalue weighted by Crippen LogP contribution is -2.24. The van der Waals surface area contributed by atoms with Gasteiger partial charge < -0.3 is 10.4 Å². The molecule has 0 aromatic carbocycles. The van der Waals surface area contributed by atoms with E-state index in [4.69, 9.17) is 5.11 Å². The first kappa shape index (κ1) is 12.3. The quantitative estimate of drug-likeness (QED) is 0.836. The summed E-state index contributed by atoms with van der Waals surface area (Å²) in [4.78, 5) is 14.1. The molecule has 1 rings (SSSR count). The van der Waals surface area contributed by atoms with Crippen LogP contribution < -0.4 is 5.32 Å². The second-order valence-corrected chi connectivity index (χ2v) is 3.28. The zero-order valence-corrected chi connectivity index (χ0v) is 8.30. The fourth-order valence-corrected chi connectivity index (χ4v) is 0.982. The number of alkyl halides is 2. The average Bonchev–Trinajstić information content (AvgIpc) is 2.14. The molecule has 0 bridgehead atoms. The summed E-state index contributed by atoms with van der Waals surface area (Å²) in [6, 6.07) is 0.714. The van der Waals surface area contributed by atoms with Gasteiger partial charge in [0.1, 0.15) is 17.2 Å². The molecule has 2 N–H and O–H groups in total. The minimum atomic E-state index is -3.01. The standard InChI is InChI=1S/C9H9F3N2O2/c1-9(11,12)4-14-7-6(8(15)16)2-5(10)3-13-7/h2-3H,4H2,1H3,(H,13,14)(H,15,16). The third-order valence-corrected chi connectivity index (χ3v) is 1.65. The SMILES string of the molecule is CC(F)(F)CNc1ncc(F)cc1C(=O)O. The van der Waals surface area contributed by atoms with Gasteiger partial charge in [-0.05, 0) is 6.07 Å². The largest absolute Gasteiger partial charge is 0.478 e. The molecular formula is C9H9F3N2O2. The lowest BCUT2D eigenvalue weighted by atomic mass is 10.2.